The van der Waals surface area contributed by atoms with Gasteiger partial charge in [0.2, 0.25) is 10.0 Å². The lowest BCUT2D eigenvalue weighted by atomic mass is 9.76. The smallest absolute Gasteiger partial charge is 0.229 e. The van der Waals surface area contributed by atoms with E-state index in [0.717, 1.165) is 24.2 Å². The molecule has 4 rings (SSSR count). The molecule has 0 aromatic heterocycles. The molecule has 5 heteroatoms. The van der Waals surface area contributed by atoms with Crippen molar-refractivity contribution in [3.05, 3.63) is 94.0 Å². The van der Waals surface area contributed by atoms with Crippen LogP contribution < -0.4 is 9.46 Å². The number of ether oxygens (including phenoxy) is 1. The highest BCUT2D eigenvalue weighted by Crippen LogP contribution is 2.44. The molecule has 31 heavy (non-hydrogen) atoms. The molecule has 1 aliphatic rings. The first kappa shape index (κ1) is 21.4. The van der Waals surface area contributed by atoms with Gasteiger partial charge in [0.15, 0.2) is 0 Å². The van der Waals surface area contributed by atoms with Crippen molar-refractivity contribution < 1.29 is 13.2 Å². The second kappa shape index (κ2) is 8.39. The summed E-state index contributed by atoms with van der Waals surface area (Å²) in [6.45, 7) is 4.37. The Hall–Kier alpha value is -2.79. The molecule has 3 aromatic rings. The fourth-order valence-electron chi connectivity index (χ4n) is 4.75. The normalized spacial score (nSPS) is 16.6. The molecule has 0 aliphatic heterocycles. The van der Waals surface area contributed by atoms with Gasteiger partial charge in [0, 0.05) is 11.6 Å². The number of anilines is 1. The van der Waals surface area contributed by atoms with E-state index in [1.807, 2.05) is 18.2 Å². The molecular formula is C26H29NO3S. The van der Waals surface area contributed by atoms with Crippen LogP contribution in [-0.4, -0.2) is 21.8 Å². The van der Waals surface area contributed by atoms with E-state index in [1.54, 1.807) is 13.2 Å². The fourth-order valence-corrected chi connectivity index (χ4v) is 5.31. The second-order valence-corrected chi connectivity index (χ2v) is 10.3. The first-order valence-corrected chi connectivity index (χ1v) is 12.5. The Labute approximate surface area is 185 Å². The zero-order valence-electron chi connectivity index (χ0n) is 18.5. The van der Waals surface area contributed by atoms with Crippen molar-refractivity contribution in [2.45, 2.75) is 38.5 Å². The first-order valence-electron chi connectivity index (χ1n) is 10.6. The van der Waals surface area contributed by atoms with Crippen LogP contribution in [0.1, 0.15) is 52.1 Å². The van der Waals surface area contributed by atoms with Crippen LogP contribution in [0.2, 0.25) is 0 Å². The zero-order chi connectivity index (χ0) is 22.2. The van der Waals surface area contributed by atoms with Gasteiger partial charge in [0.05, 0.1) is 13.4 Å². The summed E-state index contributed by atoms with van der Waals surface area (Å²) >= 11 is 0. The Balaban J connectivity index is 1.84. The molecule has 2 atom stereocenters. The van der Waals surface area contributed by atoms with Gasteiger partial charge in [-0.2, -0.15) is 0 Å². The number of hydrogen-bond acceptors (Lipinski definition) is 3. The molecule has 0 amide bonds. The lowest BCUT2D eigenvalue weighted by Gasteiger charge is -2.28. The monoisotopic (exact) mass is 435 g/mol. The van der Waals surface area contributed by atoms with Crippen molar-refractivity contribution in [1.29, 1.82) is 0 Å². The van der Waals surface area contributed by atoms with Gasteiger partial charge in [-0.1, -0.05) is 48.9 Å². The van der Waals surface area contributed by atoms with Crippen LogP contribution in [0.3, 0.4) is 0 Å². The van der Waals surface area contributed by atoms with Crippen LogP contribution >= 0.6 is 0 Å². The minimum Gasteiger partial charge on any atom is -0.497 e. The molecule has 4 nitrogen and oxygen atoms in total. The maximum atomic E-state index is 11.7. The molecule has 0 fully saturated rings. The van der Waals surface area contributed by atoms with Gasteiger partial charge >= 0.3 is 0 Å². The number of aryl methyl sites for hydroxylation is 3. The summed E-state index contributed by atoms with van der Waals surface area (Å²) < 4.78 is 31.6. The molecule has 0 bridgehead atoms. The van der Waals surface area contributed by atoms with E-state index in [1.165, 1.54) is 34.1 Å². The van der Waals surface area contributed by atoms with Gasteiger partial charge in [-0.05, 0) is 77.8 Å². The van der Waals surface area contributed by atoms with Crippen LogP contribution in [0.25, 0.3) is 0 Å². The summed E-state index contributed by atoms with van der Waals surface area (Å²) in [6.07, 6.45) is 3.15. The Bertz CT molecular complexity index is 1220. The summed E-state index contributed by atoms with van der Waals surface area (Å²) in [5, 5.41) is 0. The summed E-state index contributed by atoms with van der Waals surface area (Å²) in [6, 6.07) is 20.9. The average molecular weight is 436 g/mol. The number of hydrogen-bond donors (Lipinski definition) is 1. The van der Waals surface area contributed by atoms with Crippen LogP contribution in [0, 0.1) is 6.92 Å². The molecule has 0 spiro atoms. The lowest BCUT2D eigenvalue weighted by Crippen LogP contribution is -2.14. The van der Waals surface area contributed by atoms with E-state index in [0.29, 0.717) is 5.69 Å². The molecule has 1 aliphatic carbocycles. The van der Waals surface area contributed by atoms with E-state index in [9.17, 15) is 8.42 Å². The number of benzene rings is 3. The predicted molar refractivity (Wildman–Crippen MR) is 127 cm³/mol. The maximum absolute atomic E-state index is 11.7. The van der Waals surface area contributed by atoms with E-state index in [4.69, 9.17) is 4.74 Å². The molecule has 0 radical (unpaired) electrons. The topological polar surface area (TPSA) is 55.4 Å². The van der Waals surface area contributed by atoms with E-state index >= 15 is 0 Å². The molecule has 0 saturated heterocycles. The number of fused-ring (bicyclic) bond motifs is 2. The average Bonchev–Trinajstić information content (AvgIpc) is 2.88. The summed E-state index contributed by atoms with van der Waals surface area (Å²) in [5.41, 5.74) is 8.34. The third kappa shape index (κ3) is 4.62. The predicted octanol–water partition coefficient (Wildman–Crippen LogP) is 5.41. The van der Waals surface area contributed by atoms with Crippen molar-refractivity contribution in [3.8, 4) is 5.75 Å². The van der Waals surface area contributed by atoms with E-state index in [-0.39, 0.29) is 11.8 Å². The second-order valence-electron chi connectivity index (χ2n) is 8.53. The van der Waals surface area contributed by atoms with Crippen LogP contribution in [-0.2, 0) is 22.9 Å². The quantitative estimate of drug-likeness (QED) is 0.583. The SMILES string of the molecule is COc1ccc2c(c1)CCc1cc(C)ccc1[C@@H]2C(C)c1cccc(NS(C)(=O)=O)c1. The third-order valence-corrected chi connectivity index (χ3v) is 6.80. The van der Waals surface area contributed by atoms with Gasteiger partial charge in [-0.15, -0.1) is 0 Å². The Morgan fingerprint density at radius 1 is 0.968 bits per heavy atom. The van der Waals surface area contributed by atoms with Gasteiger partial charge < -0.3 is 4.74 Å². The van der Waals surface area contributed by atoms with Crippen molar-refractivity contribution in [1.82, 2.24) is 0 Å². The third-order valence-electron chi connectivity index (χ3n) is 6.20. The highest BCUT2D eigenvalue weighted by atomic mass is 32.2. The minimum absolute atomic E-state index is 0.160. The summed E-state index contributed by atoms with van der Waals surface area (Å²) in [7, 11) is -1.62. The minimum atomic E-state index is -3.32. The molecular weight excluding hydrogens is 406 g/mol. The van der Waals surface area contributed by atoms with Crippen molar-refractivity contribution in [3.63, 3.8) is 0 Å². The largest absolute Gasteiger partial charge is 0.497 e. The fraction of sp³-hybridized carbons (Fsp3) is 0.308. The van der Waals surface area contributed by atoms with Gasteiger partial charge in [-0.3, -0.25) is 4.72 Å². The van der Waals surface area contributed by atoms with Gasteiger partial charge in [0.1, 0.15) is 5.75 Å². The van der Waals surface area contributed by atoms with Crippen LogP contribution in [0.4, 0.5) is 5.69 Å². The molecule has 3 aromatic carbocycles. The molecule has 1 N–H and O–H groups in total. The molecule has 0 saturated carbocycles. The highest BCUT2D eigenvalue weighted by molar-refractivity contribution is 7.92. The number of nitrogens with one attached hydrogen (secondary N) is 1. The standard InChI is InChI=1S/C26H29NO3S/c1-17-8-12-24-20(14-17)9-10-21-16-23(30-3)11-13-25(21)26(24)18(2)19-6-5-7-22(15-19)27-31(4,28)29/h5-8,11-16,18,26-27H,9-10H2,1-4H3/t18?,26-/m0/s1. The van der Waals surface area contributed by atoms with E-state index < -0.39 is 10.0 Å². The molecule has 1 unspecified atom stereocenters. The van der Waals surface area contributed by atoms with E-state index in [2.05, 4.69) is 55.0 Å². The molecule has 0 heterocycles. The number of rotatable bonds is 5. The Morgan fingerprint density at radius 2 is 1.65 bits per heavy atom. The van der Waals surface area contributed by atoms with Crippen molar-refractivity contribution in [2.24, 2.45) is 0 Å². The summed E-state index contributed by atoms with van der Waals surface area (Å²) in [4.78, 5) is 0. The lowest BCUT2D eigenvalue weighted by molar-refractivity contribution is 0.414. The van der Waals surface area contributed by atoms with Crippen LogP contribution in [0.15, 0.2) is 60.7 Å². The Kier molecular flexibility index (Phi) is 5.80. The zero-order valence-corrected chi connectivity index (χ0v) is 19.3. The van der Waals surface area contributed by atoms with Gasteiger partial charge in [0.25, 0.3) is 0 Å². The molecule has 162 valence electrons. The highest BCUT2D eigenvalue weighted by Gasteiger charge is 2.29. The van der Waals surface area contributed by atoms with Crippen LogP contribution in [0.5, 0.6) is 5.75 Å². The maximum Gasteiger partial charge on any atom is 0.229 e. The van der Waals surface area contributed by atoms with Crippen molar-refractivity contribution >= 4 is 15.7 Å². The number of sulfonamides is 1. The summed E-state index contributed by atoms with van der Waals surface area (Å²) in [5.74, 6) is 1.21. The first-order chi connectivity index (χ1) is 14.7. The Morgan fingerprint density at radius 3 is 2.32 bits per heavy atom. The van der Waals surface area contributed by atoms with Crippen molar-refractivity contribution in [2.75, 3.05) is 18.1 Å². The van der Waals surface area contributed by atoms with Gasteiger partial charge in [-0.25, -0.2) is 8.42 Å². The number of methoxy groups -OCH3 is 1.